The lowest BCUT2D eigenvalue weighted by Gasteiger charge is -2.36. The van der Waals surface area contributed by atoms with E-state index in [1.807, 2.05) is 6.07 Å². The molecule has 86 valence electrons. The molecule has 3 rings (SSSR count). The van der Waals surface area contributed by atoms with Crippen molar-refractivity contribution < 1.29 is 5.11 Å². The first kappa shape index (κ1) is 10.1. The zero-order valence-electron chi connectivity index (χ0n) is 9.45. The summed E-state index contributed by atoms with van der Waals surface area (Å²) in [6.45, 7) is 4.62. The van der Waals surface area contributed by atoms with Gasteiger partial charge in [0.15, 0.2) is 0 Å². The molecule has 3 heteroatoms. The molecule has 1 aromatic carbocycles. The smallest absolute Gasteiger partial charge is 0.115 e. The van der Waals surface area contributed by atoms with E-state index in [-0.39, 0.29) is 0 Å². The molecule has 1 fully saturated rings. The van der Waals surface area contributed by atoms with Gasteiger partial charge in [-0.1, -0.05) is 6.07 Å². The first-order valence-corrected chi connectivity index (χ1v) is 6.10. The summed E-state index contributed by atoms with van der Waals surface area (Å²) in [5.41, 5.74) is 2.68. The molecule has 2 aliphatic heterocycles. The zero-order chi connectivity index (χ0) is 11.0. The molecule has 0 aromatic heterocycles. The second-order valence-electron chi connectivity index (χ2n) is 4.79. The quantitative estimate of drug-likeness (QED) is 0.785. The van der Waals surface area contributed by atoms with E-state index in [4.69, 9.17) is 0 Å². The number of phenols is 1. The van der Waals surface area contributed by atoms with Crippen molar-refractivity contribution in [3.05, 3.63) is 29.3 Å². The van der Waals surface area contributed by atoms with Crippen LogP contribution < -0.4 is 5.32 Å². The van der Waals surface area contributed by atoms with Gasteiger partial charge in [-0.25, -0.2) is 0 Å². The number of fused-ring (bicyclic) bond motifs is 1. The Balaban J connectivity index is 1.81. The van der Waals surface area contributed by atoms with Gasteiger partial charge in [-0.2, -0.15) is 0 Å². The number of hydrogen-bond acceptors (Lipinski definition) is 3. The minimum absolute atomic E-state index is 0.392. The number of benzene rings is 1. The Morgan fingerprint density at radius 3 is 3.00 bits per heavy atom. The molecule has 1 atom stereocenters. The Hall–Kier alpha value is -1.06. The summed E-state index contributed by atoms with van der Waals surface area (Å²) >= 11 is 0. The Morgan fingerprint density at radius 2 is 2.25 bits per heavy atom. The second-order valence-corrected chi connectivity index (χ2v) is 4.79. The topological polar surface area (TPSA) is 35.5 Å². The van der Waals surface area contributed by atoms with Crippen LogP contribution in [0.4, 0.5) is 0 Å². The van der Waals surface area contributed by atoms with Gasteiger partial charge in [-0.3, -0.25) is 0 Å². The van der Waals surface area contributed by atoms with Crippen LogP contribution in [0.3, 0.4) is 0 Å². The molecule has 0 radical (unpaired) electrons. The highest BCUT2D eigenvalue weighted by Gasteiger charge is 2.24. The lowest BCUT2D eigenvalue weighted by atomic mass is 9.93. The van der Waals surface area contributed by atoms with Crippen LogP contribution in [0.5, 0.6) is 5.75 Å². The number of likely N-dealkylation sites (tertiary alicyclic amines) is 1. The van der Waals surface area contributed by atoms with Crippen molar-refractivity contribution in [1.29, 1.82) is 0 Å². The standard InChI is InChI=1S/C13H18N2O/c16-11-2-3-12-10(8-11)4-5-14-13(12)9-15-6-1-7-15/h2-3,8,13-14,16H,1,4-7,9H2. The number of nitrogens with zero attached hydrogens (tertiary/aromatic N) is 1. The van der Waals surface area contributed by atoms with Gasteiger partial charge < -0.3 is 15.3 Å². The number of rotatable bonds is 2. The summed E-state index contributed by atoms with van der Waals surface area (Å²) < 4.78 is 0. The molecule has 0 saturated carbocycles. The lowest BCUT2D eigenvalue weighted by Crippen LogP contribution is -2.44. The van der Waals surface area contributed by atoms with Crippen LogP contribution in [0.15, 0.2) is 18.2 Å². The minimum atomic E-state index is 0.392. The maximum atomic E-state index is 9.48. The van der Waals surface area contributed by atoms with Crippen LogP contribution in [0.25, 0.3) is 0 Å². The summed E-state index contributed by atoms with van der Waals surface area (Å²) in [4.78, 5) is 2.49. The van der Waals surface area contributed by atoms with Crippen molar-refractivity contribution in [3.8, 4) is 5.75 Å². The molecule has 2 heterocycles. The molecule has 0 spiro atoms. The largest absolute Gasteiger partial charge is 0.508 e. The molecule has 1 unspecified atom stereocenters. The fourth-order valence-corrected chi connectivity index (χ4v) is 2.63. The second kappa shape index (κ2) is 4.07. The Labute approximate surface area is 96.1 Å². The van der Waals surface area contributed by atoms with Gasteiger partial charge in [0, 0.05) is 12.6 Å². The molecule has 2 N–H and O–H groups in total. The van der Waals surface area contributed by atoms with Crippen LogP contribution in [0.2, 0.25) is 0 Å². The Bertz CT molecular complexity index is 388. The Kier molecular flexibility index (Phi) is 2.58. The first-order chi connectivity index (χ1) is 7.83. The molecule has 16 heavy (non-hydrogen) atoms. The molecule has 1 aromatic rings. The van der Waals surface area contributed by atoms with Crippen LogP contribution in [0.1, 0.15) is 23.6 Å². The third kappa shape index (κ3) is 1.81. The van der Waals surface area contributed by atoms with Gasteiger partial charge in [0.25, 0.3) is 0 Å². The van der Waals surface area contributed by atoms with Crippen molar-refractivity contribution in [1.82, 2.24) is 10.2 Å². The minimum Gasteiger partial charge on any atom is -0.508 e. The van der Waals surface area contributed by atoms with E-state index in [0.717, 1.165) is 19.5 Å². The molecule has 0 aliphatic carbocycles. The predicted octanol–water partition coefficient (Wildman–Crippen LogP) is 1.28. The SMILES string of the molecule is Oc1ccc2c(c1)CCNC2CN1CCC1. The average molecular weight is 218 g/mol. The van der Waals surface area contributed by atoms with Crippen molar-refractivity contribution in [2.24, 2.45) is 0 Å². The van der Waals surface area contributed by atoms with Crippen molar-refractivity contribution in [3.63, 3.8) is 0 Å². The van der Waals surface area contributed by atoms with Gasteiger partial charge in [0.2, 0.25) is 0 Å². The van der Waals surface area contributed by atoms with E-state index in [0.29, 0.717) is 11.8 Å². The fraction of sp³-hybridized carbons (Fsp3) is 0.538. The fourth-order valence-electron chi connectivity index (χ4n) is 2.63. The maximum absolute atomic E-state index is 9.48. The van der Waals surface area contributed by atoms with Crippen LogP contribution >= 0.6 is 0 Å². The van der Waals surface area contributed by atoms with E-state index >= 15 is 0 Å². The van der Waals surface area contributed by atoms with E-state index in [2.05, 4.69) is 16.3 Å². The van der Waals surface area contributed by atoms with Crippen LogP contribution in [-0.4, -0.2) is 36.2 Å². The highest BCUT2D eigenvalue weighted by atomic mass is 16.3. The molecule has 1 saturated heterocycles. The Morgan fingerprint density at radius 1 is 1.38 bits per heavy atom. The zero-order valence-corrected chi connectivity index (χ0v) is 9.45. The maximum Gasteiger partial charge on any atom is 0.115 e. The highest BCUT2D eigenvalue weighted by Crippen LogP contribution is 2.27. The third-order valence-electron chi connectivity index (χ3n) is 3.68. The molecule has 0 amide bonds. The van der Waals surface area contributed by atoms with E-state index in [1.165, 1.54) is 30.6 Å². The molecule has 2 aliphatic rings. The van der Waals surface area contributed by atoms with Crippen molar-refractivity contribution >= 4 is 0 Å². The number of hydrogen-bond donors (Lipinski definition) is 2. The average Bonchev–Trinajstić information content (AvgIpc) is 2.23. The summed E-state index contributed by atoms with van der Waals surface area (Å²) in [5.74, 6) is 0.392. The normalized spacial score (nSPS) is 24.9. The van der Waals surface area contributed by atoms with Gasteiger partial charge in [0.1, 0.15) is 5.75 Å². The molecular weight excluding hydrogens is 200 g/mol. The molecule has 0 bridgehead atoms. The van der Waals surface area contributed by atoms with E-state index < -0.39 is 0 Å². The lowest BCUT2D eigenvalue weighted by molar-refractivity contribution is 0.159. The number of aromatic hydroxyl groups is 1. The van der Waals surface area contributed by atoms with E-state index in [9.17, 15) is 5.11 Å². The number of phenolic OH excluding ortho intramolecular Hbond substituents is 1. The van der Waals surface area contributed by atoms with Crippen molar-refractivity contribution in [2.75, 3.05) is 26.2 Å². The summed E-state index contributed by atoms with van der Waals surface area (Å²) in [7, 11) is 0. The first-order valence-electron chi connectivity index (χ1n) is 6.10. The third-order valence-corrected chi connectivity index (χ3v) is 3.68. The number of nitrogens with one attached hydrogen (secondary N) is 1. The van der Waals surface area contributed by atoms with Gasteiger partial charge in [-0.15, -0.1) is 0 Å². The molecule has 3 nitrogen and oxygen atoms in total. The van der Waals surface area contributed by atoms with Crippen LogP contribution in [0, 0.1) is 0 Å². The van der Waals surface area contributed by atoms with Crippen molar-refractivity contribution in [2.45, 2.75) is 18.9 Å². The van der Waals surface area contributed by atoms with Gasteiger partial charge >= 0.3 is 0 Å². The monoisotopic (exact) mass is 218 g/mol. The predicted molar refractivity (Wildman–Crippen MR) is 63.6 cm³/mol. The van der Waals surface area contributed by atoms with Gasteiger partial charge in [-0.05, 0) is 55.7 Å². The summed E-state index contributed by atoms with van der Waals surface area (Å²) in [6, 6.07) is 6.24. The molecular formula is C13H18N2O. The highest BCUT2D eigenvalue weighted by molar-refractivity contribution is 5.38. The summed E-state index contributed by atoms with van der Waals surface area (Å²) in [5, 5.41) is 13.1. The van der Waals surface area contributed by atoms with Gasteiger partial charge in [0.05, 0.1) is 0 Å². The van der Waals surface area contributed by atoms with E-state index in [1.54, 1.807) is 6.07 Å². The summed E-state index contributed by atoms with van der Waals surface area (Å²) in [6.07, 6.45) is 2.37. The van der Waals surface area contributed by atoms with Crippen LogP contribution in [-0.2, 0) is 6.42 Å².